The van der Waals surface area contributed by atoms with Gasteiger partial charge in [0.15, 0.2) is 5.65 Å². The lowest BCUT2D eigenvalue weighted by molar-refractivity contribution is 0.607. The van der Waals surface area contributed by atoms with E-state index in [0.717, 1.165) is 29.6 Å². The van der Waals surface area contributed by atoms with Crippen LogP contribution in [-0.4, -0.2) is 24.7 Å². The number of hydrogen-bond acceptors (Lipinski definition) is 5. The van der Waals surface area contributed by atoms with Crippen LogP contribution in [0.1, 0.15) is 18.9 Å². The molecule has 0 atom stereocenters. The molecule has 0 aliphatic heterocycles. The average molecular weight is 268 g/mol. The van der Waals surface area contributed by atoms with E-state index in [2.05, 4.69) is 32.3 Å². The van der Waals surface area contributed by atoms with Gasteiger partial charge in [0, 0.05) is 37.9 Å². The van der Waals surface area contributed by atoms with Crippen molar-refractivity contribution in [1.29, 1.82) is 0 Å². The highest BCUT2D eigenvalue weighted by Crippen LogP contribution is 2.11. The Labute approximate surface area is 116 Å². The number of rotatable bonds is 5. The summed E-state index contributed by atoms with van der Waals surface area (Å²) < 4.78 is 1.91. The van der Waals surface area contributed by atoms with E-state index >= 15 is 0 Å². The van der Waals surface area contributed by atoms with Crippen molar-refractivity contribution in [2.24, 2.45) is 0 Å². The minimum Gasteiger partial charge on any atom is -0.350 e. The molecule has 3 aromatic heterocycles. The third kappa shape index (κ3) is 2.74. The third-order valence-electron chi connectivity index (χ3n) is 2.96. The van der Waals surface area contributed by atoms with Gasteiger partial charge in [-0.2, -0.15) is 10.1 Å². The molecule has 0 aliphatic rings. The smallest absolute Gasteiger partial charge is 0.225 e. The summed E-state index contributed by atoms with van der Waals surface area (Å²) in [6.45, 7) is 3.69. The van der Waals surface area contributed by atoms with E-state index in [4.69, 9.17) is 0 Å². The van der Waals surface area contributed by atoms with Gasteiger partial charge in [0.25, 0.3) is 0 Å². The van der Waals surface area contributed by atoms with Gasteiger partial charge in [0.2, 0.25) is 5.95 Å². The molecule has 1 N–H and O–H groups in total. The van der Waals surface area contributed by atoms with Gasteiger partial charge in [-0.25, -0.2) is 4.98 Å². The van der Waals surface area contributed by atoms with Crippen LogP contribution in [0, 0.1) is 0 Å². The third-order valence-corrected chi connectivity index (χ3v) is 2.96. The highest BCUT2D eigenvalue weighted by Gasteiger charge is 2.04. The topological polar surface area (TPSA) is 68.5 Å². The molecule has 0 unspecified atom stereocenters. The molecule has 0 radical (unpaired) electrons. The summed E-state index contributed by atoms with van der Waals surface area (Å²) in [6.07, 6.45) is 8.37. The van der Waals surface area contributed by atoms with Crippen molar-refractivity contribution in [2.45, 2.75) is 26.4 Å². The minimum absolute atomic E-state index is 0.594. The fraction of sp³-hybridized carbons (Fsp3) is 0.286. The Balaban J connectivity index is 1.75. The number of aryl methyl sites for hydroxylation is 1. The predicted molar refractivity (Wildman–Crippen MR) is 77.2 cm³/mol. The van der Waals surface area contributed by atoms with Crippen LogP contribution >= 0.6 is 0 Å². The Hall–Kier alpha value is -2.50. The zero-order chi connectivity index (χ0) is 13.8. The summed E-state index contributed by atoms with van der Waals surface area (Å²) in [5.74, 6) is 0.594. The summed E-state index contributed by atoms with van der Waals surface area (Å²) in [5, 5.41) is 8.59. The van der Waals surface area contributed by atoms with Gasteiger partial charge < -0.3 is 5.32 Å². The van der Waals surface area contributed by atoms with Crippen molar-refractivity contribution >= 4 is 17.0 Å². The molecule has 0 aliphatic carbocycles. The van der Waals surface area contributed by atoms with Gasteiger partial charge in [-0.1, -0.05) is 6.92 Å². The Morgan fingerprint density at radius 2 is 2.10 bits per heavy atom. The summed E-state index contributed by atoms with van der Waals surface area (Å²) in [7, 11) is 0. The standard InChI is InChI=1S/C14H16N6/c1-2-7-20-10-12-9-17-14(18-13(12)19-20)16-8-11-3-5-15-6-4-11/h3-6,9-10H,2,7-8H2,1H3,(H,16,18,19). The second-order valence-electron chi connectivity index (χ2n) is 4.57. The molecule has 3 rings (SSSR count). The fourth-order valence-electron chi connectivity index (χ4n) is 1.97. The number of nitrogens with zero attached hydrogens (tertiary/aromatic N) is 5. The van der Waals surface area contributed by atoms with E-state index in [9.17, 15) is 0 Å². The van der Waals surface area contributed by atoms with Gasteiger partial charge in [0.05, 0.1) is 5.39 Å². The van der Waals surface area contributed by atoms with Crippen molar-refractivity contribution in [3.8, 4) is 0 Å². The van der Waals surface area contributed by atoms with Crippen molar-refractivity contribution in [3.63, 3.8) is 0 Å². The number of hydrogen-bond donors (Lipinski definition) is 1. The molecular weight excluding hydrogens is 252 g/mol. The molecular formula is C14H16N6. The van der Waals surface area contributed by atoms with Gasteiger partial charge in [-0.05, 0) is 24.1 Å². The average Bonchev–Trinajstić information content (AvgIpc) is 2.88. The summed E-state index contributed by atoms with van der Waals surface area (Å²) in [6, 6.07) is 3.92. The number of anilines is 1. The molecule has 0 saturated heterocycles. The zero-order valence-corrected chi connectivity index (χ0v) is 11.3. The maximum Gasteiger partial charge on any atom is 0.225 e. The van der Waals surface area contributed by atoms with Crippen LogP contribution in [0.5, 0.6) is 0 Å². The summed E-state index contributed by atoms with van der Waals surface area (Å²) >= 11 is 0. The lowest BCUT2D eigenvalue weighted by Crippen LogP contribution is -2.03. The van der Waals surface area contributed by atoms with Gasteiger partial charge in [-0.15, -0.1) is 0 Å². The van der Waals surface area contributed by atoms with E-state index in [0.29, 0.717) is 12.5 Å². The van der Waals surface area contributed by atoms with E-state index in [-0.39, 0.29) is 0 Å². The fourth-order valence-corrected chi connectivity index (χ4v) is 1.97. The number of nitrogens with one attached hydrogen (secondary N) is 1. The van der Waals surface area contributed by atoms with Crippen molar-refractivity contribution < 1.29 is 0 Å². The predicted octanol–water partition coefficient (Wildman–Crippen LogP) is 2.24. The Kier molecular flexibility index (Phi) is 3.54. The first-order chi connectivity index (χ1) is 9.85. The van der Waals surface area contributed by atoms with E-state index in [1.165, 1.54) is 0 Å². The number of fused-ring (bicyclic) bond motifs is 1. The molecule has 20 heavy (non-hydrogen) atoms. The normalized spacial score (nSPS) is 10.8. The molecule has 3 heterocycles. The number of aromatic nitrogens is 5. The van der Waals surface area contributed by atoms with Gasteiger partial charge in [-0.3, -0.25) is 9.67 Å². The highest BCUT2D eigenvalue weighted by molar-refractivity contribution is 5.73. The zero-order valence-electron chi connectivity index (χ0n) is 11.3. The number of pyridine rings is 1. The van der Waals surface area contributed by atoms with Crippen molar-refractivity contribution in [2.75, 3.05) is 5.32 Å². The maximum atomic E-state index is 4.43. The minimum atomic E-state index is 0.594. The first kappa shape index (κ1) is 12.5. The molecule has 0 amide bonds. The molecule has 102 valence electrons. The molecule has 3 aromatic rings. The lowest BCUT2D eigenvalue weighted by Gasteiger charge is -2.03. The molecule has 0 spiro atoms. The van der Waals surface area contributed by atoms with Gasteiger partial charge >= 0.3 is 0 Å². The summed E-state index contributed by atoms with van der Waals surface area (Å²) in [4.78, 5) is 12.7. The molecule has 6 nitrogen and oxygen atoms in total. The van der Waals surface area contributed by atoms with E-state index in [1.54, 1.807) is 18.6 Å². The van der Waals surface area contributed by atoms with Crippen LogP contribution < -0.4 is 5.32 Å². The van der Waals surface area contributed by atoms with E-state index < -0.39 is 0 Å². The second kappa shape index (κ2) is 5.64. The monoisotopic (exact) mass is 268 g/mol. The van der Waals surface area contributed by atoms with E-state index in [1.807, 2.05) is 23.0 Å². The summed E-state index contributed by atoms with van der Waals surface area (Å²) in [5.41, 5.74) is 1.87. The largest absolute Gasteiger partial charge is 0.350 e. The Morgan fingerprint density at radius 1 is 1.25 bits per heavy atom. The SMILES string of the molecule is CCCn1cc2cnc(NCc3ccncc3)nc2n1. The quantitative estimate of drug-likeness (QED) is 0.768. The van der Waals surface area contributed by atoms with Crippen LogP contribution in [-0.2, 0) is 13.1 Å². The van der Waals surface area contributed by atoms with Crippen LogP contribution in [0.4, 0.5) is 5.95 Å². The highest BCUT2D eigenvalue weighted by atomic mass is 15.3. The van der Waals surface area contributed by atoms with Crippen LogP contribution in [0.25, 0.3) is 11.0 Å². The molecule has 0 saturated carbocycles. The lowest BCUT2D eigenvalue weighted by atomic mass is 10.3. The molecule has 0 fully saturated rings. The first-order valence-electron chi connectivity index (χ1n) is 6.68. The van der Waals surface area contributed by atoms with Crippen LogP contribution in [0.3, 0.4) is 0 Å². The van der Waals surface area contributed by atoms with Gasteiger partial charge in [0.1, 0.15) is 0 Å². The Bertz CT molecular complexity index is 691. The molecule has 6 heteroatoms. The maximum absolute atomic E-state index is 4.43. The first-order valence-corrected chi connectivity index (χ1v) is 6.68. The Morgan fingerprint density at radius 3 is 2.90 bits per heavy atom. The van der Waals surface area contributed by atoms with Crippen LogP contribution in [0.2, 0.25) is 0 Å². The van der Waals surface area contributed by atoms with Crippen molar-refractivity contribution in [3.05, 3.63) is 42.5 Å². The van der Waals surface area contributed by atoms with Crippen LogP contribution in [0.15, 0.2) is 36.9 Å². The molecule has 0 bridgehead atoms. The van der Waals surface area contributed by atoms with Crippen molar-refractivity contribution in [1.82, 2.24) is 24.7 Å². The molecule has 0 aromatic carbocycles. The second-order valence-corrected chi connectivity index (χ2v) is 4.57.